The summed E-state index contributed by atoms with van der Waals surface area (Å²) in [5.41, 5.74) is 0.921. The molecule has 4 nitrogen and oxygen atoms in total. The van der Waals surface area contributed by atoms with Gasteiger partial charge in [-0.05, 0) is 59.0 Å². The van der Waals surface area contributed by atoms with E-state index in [1.54, 1.807) is 12.1 Å². The maximum atomic E-state index is 12.6. The van der Waals surface area contributed by atoms with Gasteiger partial charge in [-0.15, -0.1) is 11.3 Å². The SMILES string of the molecule is CNCc1ccc(Br)c(S(=O)(=O)NC(C)c2cccs2)c1. The molecule has 2 rings (SSSR count). The van der Waals surface area contributed by atoms with Gasteiger partial charge >= 0.3 is 0 Å². The number of rotatable bonds is 6. The smallest absolute Gasteiger partial charge is 0.242 e. The lowest BCUT2D eigenvalue weighted by Gasteiger charge is -2.14. The Bertz CT molecular complexity index is 700. The molecule has 0 fully saturated rings. The first-order valence-electron chi connectivity index (χ1n) is 6.43. The van der Waals surface area contributed by atoms with Gasteiger partial charge in [-0.2, -0.15) is 0 Å². The zero-order valence-corrected chi connectivity index (χ0v) is 15.0. The Kier molecular flexibility index (Phi) is 5.56. The number of hydrogen-bond acceptors (Lipinski definition) is 4. The minimum absolute atomic E-state index is 0.255. The lowest BCUT2D eigenvalue weighted by Crippen LogP contribution is -2.27. The van der Waals surface area contributed by atoms with Gasteiger partial charge in [-0.25, -0.2) is 13.1 Å². The van der Waals surface area contributed by atoms with Crippen molar-refractivity contribution in [1.29, 1.82) is 0 Å². The summed E-state index contributed by atoms with van der Waals surface area (Å²) in [6, 6.07) is 8.91. The second kappa shape index (κ2) is 7.02. The molecule has 0 aliphatic heterocycles. The molecule has 2 N–H and O–H groups in total. The van der Waals surface area contributed by atoms with E-state index in [9.17, 15) is 8.42 Å². The topological polar surface area (TPSA) is 58.2 Å². The predicted molar refractivity (Wildman–Crippen MR) is 90.0 cm³/mol. The van der Waals surface area contributed by atoms with Crippen LogP contribution in [0.5, 0.6) is 0 Å². The molecule has 0 aliphatic rings. The van der Waals surface area contributed by atoms with Crippen LogP contribution in [-0.2, 0) is 16.6 Å². The largest absolute Gasteiger partial charge is 0.316 e. The Labute approximate surface area is 137 Å². The van der Waals surface area contributed by atoms with Crippen LogP contribution in [-0.4, -0.2) is 15.5 Å². The normalized spacial score (nSPS) is 13.3. The Morgan fingerprint density at radius 2 is 2.10 bits per heavy atom. The Morgan fingerprint density at radius 3 is 2.71 bits per heavy atom. The lowest BCUT2D eigenvalue weighted by atomic mass is 10.2. The van der Waals surface area contributed by atoms with Crippen LogP contribution >= 0.6 is 27.3 Å². The van der Waals surface area contributed by atoms with Crippen LogP contribution in [0.1, 0.15) is 23.4 Å². The molecule has 1 heterocycles. The van der Waals surface area contributed by atoms with Crippen molar-refractivity contribution in [3.8, 4) is 0 Å². The molecular weight excluding hydrogens is 372 g/mol. The van der Waals surface area contributed by atoms with Gasteiger partial charge in [0.2, 0.25) is 10.0 Å². The van der Waals surface area contributed by atoms with Gasteiger partial charge in [-0.1, -0.05) is 12.1 Å². The van der Waals surface area contributed by atoms with Crippen molar-refractivity contribution in [2.75, 3.05) is 7.05 Å². The maximum absolute atomic E-state index is 12.6. The van der Waals surface area contributed by atoms with Crippen LogP contribution in [0, 0.1) is 0 Å². The standard InChI is InChI=1S/C14H17BrN2O2S2/c1-10(13-4-3-7-20-13)17-21(18,19)14-8-11(9-16-2)5-6-12(14)15/h3-8,10,16-17H,9H2,1-2H3. The minimum atomic E-state index is -3.58. The number of hydrogen-bond donors (Lipinski definition) is 2. The van der Waals surface area contributed by atoms with Gasteiger partial charge in [0.25, 0.3) is 0 Å². The molecule has 2 aromatic rings. The van der Waals surface area contributed by atoms with Crippen LogP contribution in [0.15, 0.2) is 45.1 Å². The summed E-state index contributed by atoms with van der Waals surface area (Å²) >= 11 is 4.85. The second-order valence-corrected chi connectivity index (χ2v) is 8.17. The van der Waals surface area contributed by atoms with Gasteiger partial charge in [0.15, 0.2) is 0 Å². The fourth-order valence-corrected chi connectivity index (χ4v) is 5.01. The number of nitrogens with one attached hydrogen (secondary N) is 2. The van der Waals surface area contributed by atoms with Crippen LogP contribution in [0.2, 0.25) is 0 Å². The quantitative estimate of drug-likeness (QED) is 0.797. The summed E-state index contributed by atoms with van der Waals surface area (Å²) in [6.45, 7) is 2.46. The van der Waals surface area contributed by atoms with Gasteiger partial charge < -0.3 is 5.32 Å². The molecular formula is C14H17BrN2O2S2. The predicted octanol–water partition coefficient (Wildman–Crippen LogP) is 3.27. The molecule has 0 saturated carbocycles. The molecule has 0 saturated heterocycles. The Morgan fingerprint density at radius 1 is 1.33 bits per heavy atom. The summed E-state index contributed by atoms with van der Waals surface area (Å²) in [7, 11) is -1.75. The monoisotopic (exact) mass is 388 g/mol. The molecule has 1 atom stereocenters. The summed E-state index contributed by atoms with van der Waals surface area (Å²) in [4.78, 5) is 1.25. The van der Waals surface area contributed by atoms with Gasteiger partial charge in [0.05, 0.1) is 10.9 Å². The first kappa shape index (κ1) is 16.6. The highest BCUT2D eigenvalue weighted by molar-refractivity contribution is 9.10. The highest BCUT2D eigenvalue weighted by atomic mass is 79.9. The average molecular weight is 389 g/mol. The van der Waals surface area contributed by atoms with Crippen molar-refractivity contribution in [3.05, 3.63) is 50.6 Å². The van der Waals surface area contributed by atoms with E-state index in [0.29, 0.717) is 11.0 Å². The number of thiophene rings is 1. The molecule has 1 unspecified atom stereocenters. The minimum Gasteiger partial charge on any atom is -0.316 e. The highest BCUT2D eigenvalue weighted by Gasteiger charge is 2.21. The molecule has 7 heteroatoms. The zero-order chi connectivity index (χ0) is 15.5. The molecule has 0 radical (unpaired) electrons. The molecule has 114 valence electrons. The number of halogens is 1. The van der Waals surface area contributed by atoms with Crippen LogP contribution in [0.4, 0.5) is 0 Å². The summed E-state index contributed by atoms with van der Waals surface area (Å²) in [5.74, 6) is 0. The average Bonchev–Trinajstić information content (AvgIpc) is 2.94. The van der Waals surface area contributed by atoms with E-state index in [2.05, 4.69) is 26.0 Å². The van der Waals surface area contributed by atoms with E-state index in [-0.39, 0.29) is 10.9 Å². The molecule has 0 bridgehead atoms. The van der Waals surface area contributed by atoms with Crippen molar-refractivity contribution < 1.29 is 8.42 Å². The van der Waals surface area contributed by atoms with Crippen molar-refractivity contribution in [2.45, 2.75) is 24.4 Å². The summed E-state index contributed by atoms with van der Waals surface area (Å²) in [6.07, 6.45) is 0. The third kappa shape index (κ3) is 4.14. The number of sulfonamides is 1. The third-order valence-corrected chi connectivity index (χ3v) is 6.56. The molecule has 0 spiro atoms. The highest BCUT2D eigenvalue weighted by Crippen LogP contribution is 2.26. The van der Waals surface area contributed by atoms with E-state index >= 15 is 0 Å². The molecule has 1 aromatic heterocycles. The Balaban J connectivity index is 2.28. The summed E-state index contributed by atoms with van der Waals surface area (Å²) < 4.78 is 28.4. The molecule has 0 aliphatic carbocycles. The van der Waals surface area contributed by atoms with Crippen molar-refractivity contribution in [2.24, 2.45) is 0 Å². The fraction of sp³-hybridized carbons (Fsp3) is 0.286. The third-order valence-electron chi connectivity index (χ3n) is 2.97. The maximum Gasteiger partial charge on any atom is 0.242 e. The van der Waals surface area contributed by atoms with Gasteiger partial charge in [0, 0.05) is 15.9 Å². The number of benzene rings is 1. The molecule has 21 heavy (non-hydrogen) atoms. The van der Waals surface area contributed by atoms with Crippen LogP contribution < -0.4 is 10.0 Å². The van der Waals surface area contributed by atoms with E-state index in [4.69, 9.17) is 0 Å². The van der Waals surface area contributed by atoms with Crippen molar-refractivity contribution >= 4 is 37.3 Å². The second-order valence-electron chi connectivity index (χ2n) is 4.65. The van der Waals surface area contributed by atoms with E-state index in [1.165, 1.54) is 11.3 Å². The molecule has 1 aromatic carbocycles. The van der Waals surface area contributed by atoms with Gasteiger partial charge in [0.1, 0.15) is 0 Å². The Hall–Kier alpha value is -0.730. The first-order valence-corrected chi connectivity index (χ1v) is 9.58. The lowest BCUT2D eigenvalue weighted by molar-refractivity contribution is 0.568. The van der Waals surface area contributed by atoms with E-state index in [1.807, 2.05) is 37.6 Å². The summed E-state index contributed by atoms with van der Waals surface area (Å²) in [5, 5.41) is 4.95. The van der Waals surface area contributed by atoms with Crippen molar-refractivity contribution in [3.63, 3.8) is 0 Å². The van der Waals surface area contributed by atoms with Gasteiger partial charge in [-0.3, -0.25) is 0 Å². The van der Waals surface area contributed by atoms with Crippen LogP contribution in [0.25, 0.3) is 0 Å². The van der Waals surface area contributed by atoms with Crippen LogP contribution in [0.3, 0.4) is 0 Å². The molecule has 0 amide bonds. The fourth-order valence-electron chi connectivity index (χ4n) is 1.96. The zero-order valence-electron chi connectivity index (χ0n) is 11.8. The first-order chi connectivity index (χ1) is 9.94. The van der Waals surface area contributed by atoms with E-state index in [0.717, 1.165) is 10.4 Å². The van der Waals surface area contributed by atoms with E-state index < -0.39 is 10.0 Å². The van der Waals surface area contributed by atoms with Crippen molar-refractivity contribution in [1.82, 2.24) is 10.0 Å².